The highest BCUT2D eigenvalue weighted by Gasteiger charge is 2.16. The Morgan fingerprint density at radius 1 is 1.38 bits per heavy atom. The number of hydrogen-bond acceptors (Lipinski definition) is 2. The number of ketones is 1. The quantitative estimate of drug-likeness (QED) is 0.736. The van der Waals surface area contributed by atoms with E-state index in [1.165, 1.54) is 5.56 Å². The zero-order valence-electron chi connectivity index (χ0n) is 10.3. The largest absolute Gasteiger partial charge is 0.371 e. The molecule has 0 aliphatic carbocycles. The average Bonchev–Trinajstić information content (AvgIpc) is 2.25. The van der Waals surface area contributed by atoms with E-state index in [4.69, 9.17) is 4.74 Å². The van der Waals surface area contributed by atoms with Crippen molar-refractivity contribution in [1.29, 1.82) is 0 Å². The molecule has 1 unspecified atom stereocenters. The first-order chi connectivity index (χ1) is 7.67. The molecule has 0 saturated carbocycles. The van der Waals surface area contributed by atoms with E-state index in [0.717, 1.165) is 12.0 Å². The summed E-state index contributed by atoms with van der Waals surface area (Å²) in [6.45, 7) is 6.53. The SMILES string of the molecule is CCOC(CC)C(=O)Cc1cccc(C)c1. The zero-order valence-corrected chi connectivity index (χ0v) is 10.3. The summed E-state index contributed by atoms with van der Waals surface area (Å²) in [5, 5.41) is 0. The van der Waals surface area contributed by atoms with Gasteiger partial charge >= 0.3 is 0 Å². The van der Waals surface area contributed by atoms with Gasteiger partial charge in [0.05, 0.1) is 0 Å². The van der Waals surface area contributed by atoms with Crippen molar-refractivity contribution in [1.82, 2.24) is 0 Å². The van der Waals surface area contributed by atoms with E-state index in [0.29, 0.717) is 13.0 Å². The van der Waals surface area contributed by atoms with Crippen molar-refractivity contribution in [3.8, 4) is 0 Å². The number of rotatable bonds is 6. The summed E-state index contributed by atoms with van der Waals surface area (Å²) in [6.07, 6.45) is 0.976. The predicted molar refractivity (Wildman–Crippen MR) is 65.6 cm³/mol. The van der Waals surface area contributed by atoms with Gasteiger partial charge in [-0.05, 0) is 25.8 Å². The second-order valence-electron chi connectivity index (χ2n) is 3.98. The van der Waals surface area contributed by atoms with Gasteiger partial charge < -0.3 is 4.74 Å². The van der Waals surface area contributed by atoms with Crippen LogP contribution in [-0.2, 0) is 16.0 Å². The molecule has 1 aromatic rings. The number of Topliss-reactive ketones (excluding diaryl/α,β-unsaturated/α-hetero) is 1. The van der Waals surface area contributed by atoms with E-state index in [1.54, 1.807) is 0 Å². The van der Waals surface area contributed by atoms with E-state index in [1.807, 2.05) is 39.0 Å². The number of carbonyl (C=O) groups is 1. The highest BCUT2D eigenvalue weighted by atomic mass is 16.5. The molecule has 0 bridgehead atoms. The number of benzene rings is 1. The monoisotopic (exact) mass is 220 g/mol. The van der Waals surface area contributed by atoms with E-state index >= 15 is 0 Å². The number of hydrogen-bond donors (Lipinski definition) is 0. The van der Waals surface area contributed by atoms with Gasteiger partial charge in [-0.3, -0.25) is 4.79 Å². The average molecular weight is 220 g/mol. The molecule has 0 heterocycles. The fraction of sp³-hybridized carbons (Fsp3) is 0.500. The third kappa shape index (κ3) is 3.78. The molecule has 0 spiro atoms. The topological polar surface area (TPSA) is 26.3 Å². The van der Waals surface area contributed by atoms with Crippen LogP contribution in [0.3, 0.4) is 0 Å². The van der Waals surface area contributed by atoms with Gasteiger partial charge in [-0.2, -0.15) is 0 Å². The van der Waals surface area contributed by atoms with Crippen molar-refractivity contribution in [3.05, 3.63) is 35.4 Å². The molecule has 1 atom stereocenters. The number of carbonyl (C=O) groups excluding carboxylic acids is 1. The Hall–Kier alpha value is -1.15. The summed E-state index contributed by atoms with van der Waals surface area (Å²) in [6, 6.07) is 8.06. The molecule has 0 amide bonds. The minimum absolute atomic E-state index is 0.176. The second kappa shape index (κ2) is 6.44. The van der Waals surface area contributed by atoms with Crippen molar-refractivity contribution in [2.45, 2.75) is 39.7 Å². The third-order valence-electron chi connectivity index (χ3n) is 2.56. The summed E-state index contributed by atoms with van der Waals surface area (Å²) in [5.41, 5.74) is 2.26. The van der Waals surface area contributed by atoms with Crippen LogP contribution >= 0.6 is 0 Å². The van der Waals surface area contributed by atoms with Gasteiger partial charge in [0.15, 0.2) is 5.78 Å². The van der Waals surface area contributed by atoms with E-state index < -0.39 is 0 Å². The van der Waals surface area contributed by atoms with E-state index in [2.05, 4.69) is 6.07 Å². The number of aryl methyl sites for hydroxylation is 1. The molecular weight excluding hydrogens is 200 g/mol. The first kappa shape index (κ1) is 12.9. The molecule has 0 N–H and O–H groups in total. The maximum Gasteiger partial charge on any atom is 0.165 e. The van der Waals surface area contributed by atoms with Crippen LogP contribution in [0.1, 0.15) is 31.4 Å². The fourth-order valence-electron chi connectivity index (χ4n) is 1.78. The summed E-state index contributed by atoms with van der Waals surface area (Å²) >= 11 is 0. The van der Waals surface area contributed by atoms with Gasteiger partial charge in [0.1, 0.15) is 6.10 Å². The molecule has 0 radical (unpaired) electrons. The molecule has 16 heavy (non-hydrogen) atoms. The lowest BCUT2D eigenvalue weighted by molar-refractivity contribution is -0.129. The van der Waals surface area contributed by atoms with Gasteiger partial charge in [-0.15, -0.1) is 0 Å². The van der Waals surface area contributed by atoms with Crippen molar-refractivity contribution in [2.75, 3.05) is 6.61 Å². The van der Waals surface area contributed by atoms with Gasteiger partial charge in [0.25, 0.3) is 0 Å². The Balaban J connectivity index is 2.62. The first-order valence-electron chi connectivity index (χ1n) is 5.87. The Bertz CT molecular complexity index is 344. The normalized spacial score (nSPS) is 12.4. The molecule has 0 aliphatic rings. The molecule has 2 nitrogen and oxygen atoms in total. The molecule has 1 aromatic carbocycles. The Morgan fingerprint density at radius 2 is 2.12 bits per heavy atom. The predicted octanol–water partition coefficient (Wildman–Crippen LogP) is 2.92. The lowest BCUT2D eigenvalue weighted by Crippen LogP contribution is -2.25. The summed E-state index contributed by atoms with van der Waals surface area (Å²) < 4.78 is 5.41. The highest BCUT2D eigenvalue weighted by molar-refractivity contribution is 5.85. The van der Waals surface area contributed by atoms with Gasteiger partial charge in [0.2, 0.25) is 0 Å². The van der Waals surface area contributed by atoms with Crippen LogP contribution in [0.25, 0.3) is 0 Å². The minimum atomic E-state index is -0.245. The molecule has 0 saturated heterocycles. The Morgan fingerprint density at radius 3 is 2.69 bits per heavy atom. The van der Waals surface area contributed by atoms with Gasteiger partial charge in [-0.1, -0.05) is 36.8 Å². The van der Waals surface area contributed by atoms with Crippen molar-refractivity contribution < 1.29 is 9.53 Å². The van der Waals surface area contributed by atoms with E-state index in [9.17, 15) is 4.79 Å². The lowest BCUT2D eigenvalue weighted by atomic mass is 10.0. The molecule has 0 aromatic heterocycles. The van der Waals surface area contributed by atoms with E-state index in [-0.39, 0.29) is 11.9 Å². The summed E-state index contributed by atoms with van der Waals surface area (Å²) in [5.74, 6) is 0.176. The van der Waals surface area contributed by atoms with Crippen LogP contribution in [0, 0.1) is 6.92 Å². The maximum atomic E-state index is 11.9. The molecule has 88 valence electrons. The summed E-state index contributed by atoms with van der Waals surface area (Å²) in [7, 11) is 0. The van der Waals surface area contributed by atoms with Crippen LogP contribution in [0.5, 0.6) is 0 Å². The standard InChI is InChI=1S/C14H20O2/c1-4-14(16-5-2)13(15)10-12-8-6-7-11(3)9-12/h6-9,14H,4-5,10H2,1-3H3. The van der Waals surface area contributed by atoms with Crippen LogP contribution in [0.2, 0.25) is 0 Å². The summed E-state index contributed by atoms with van der Waals surface area (Å²) in [4.78, 5) is 11.9. The minimum Gasteiger partial charge on any atom is -0.371 e. The first-order valence-corrected chi connectivity index (χ1v) is 5.87. The van der Waals surface area contributed by atoms with Crippen molar-refractivity contribution in [2.24, 2.45) is 0 Å². The molecule has 0 aliphatic heterocycles. The fourth-order valence-corrected chi connectivity index (χ4v) is 1.78. The van der Waals surface area contributed by atoms with Crippen LogP contribution in [0.15, 0.2) is 24.3 Å². The Kier molecular flexibility index (Phi) is 5.20. The Labute approximate surface area is 97.6 Å². The molecule has 0 fully saturated rings. The van der Waals surface area contributed by atoms with Crippen molar-refractivity contribution in [3.63, 3.8) is 0 Å². The van der Waals surface area contributed by atoms with Crippen molar-refractivity contribution >= 4 is 5.78 Å². The molecule has 2 heteroatoms. The van der Waals surface area contributed by atoms with Gasteiger partial charge in [0, 0.05) is 13.0 Å². The van der Waals surface area contributed by atoms with Crippen LogP contribution in [-0.4, -0.2) is 18.5 Å². The molecular formula is C14H20O2. The smallest absolute Gasteiger partial charge is 0.165 e. The van der Waals surface area contributed by atoms with Crippen LogP contribution in [0.4, 0.5) is 0 Å². The lowest BCUT2D eigenvalue weighted by Gasteiger charge is -2.13. The zero-order chi connectivity index (χ0) is 12.0. The highest BCUT2D eigenvalue weighted by Crippen LogP contribution is 2.09. The molecule has 1 rings (SSSR count). The second-order valence-corrected chi connectivity index (χ2v) is 3.98. The van der Waals surface area contributed by atoms with Gasteiger partial charge in [-0.25, -0.2) is 0 Å². The van der Waals surface area contributed by atoms with Crippen LogP contribution < -0.4 is 0 Å². The third-order valence-corrected chi connectivity index (χ3v) is 2.56. The maximum absolute atomic E-state index is 11.9. The number of ether oxygens (including phenoxy) is 1.